The van der Waals surface area contributed by atoms with E-state index in [9.17, 15) is 4.79 Å². The van der Waals surface area contributed by atoms with Gasteiger partial charge in [-0.15, -0.1) is 0 Å². The number of hydrogen-bond donors (Lipinski definition) is 1. The first kappa shape index (κ1) is 12.3. The van der Waals surface area contributed by atoms with E-state index in [1.54, 1.807) is 12.2 Å². The number of carbonyl (C=O) groups is 1. The summed E-state index contributed by atoms with van der Waals surface area (Å²) < 4.78 is 4.70. The van der Waals surface area contributed by atoms with Gasteiger partial charge < -0.3 is 9.73 Å². The van der Waals surface area contributed by atoms with E-state index in [1.807, 2.05) is 6.92 Å². The average molecular weight is 239 g/mol. The van der Waals surface area contributed by atoms with Crippen molar-refractivity contribution in [1.82, 2.24) is 10.3 Å². The van der Waals surface area contributed by atoms with E-state index in [4.69, 9.17) is 16.0 Å². The molecule has 84 valence electrons. The molecule has 0 saturated heterocycles. The highest BCUT2D eigenvalue weighted by Gasteiger charge is 2.10. The van der Waals surface area contributed by atoms with Crippen molar-refractivity contribution in [3.63, 3.8) is 0 Å². The molecule has 0 aromatic carbocycles. The molecule has 4 nitrogen and oxygen atoms in total. The van der Waals surface area contributed by atoms with Crippen LogP contribution in [0.5, 0.6) is 0 Å². The van der Waals surface area contributed by atoms with Gasteiger partial charge in [0.25, 0.3) is 5.91 Å². The summed E-state index contributed by atoms with van der Waals surface area (Å²) in [4.78, 5) is 15.3. The van der Waals surface area contributed by atoms with Crippen LogP contribution >= 0.6 is 11.6 Å². The van der Waals surface area contributed by atoms with Crippen LogP contribution in [0.4, 0.5) is 0 Å². The third-order valence-corrected chi connectivity index (χ3v) is 2.04. The van der Waals surface area contributed by atoms with Gasteiger partial charge in [-0.05, 0) is 19.1 Å². The highest BCUT2D eigenvalue weighted by molar-refractivity contribution is 6.31. The molecule has 1 aromatic heterocycles. The molecule has 0 saturated carbocycles. The van der Waals surface area contributed by atoms with Crippen molar-refractivity contribution < 1.29 is 9.21 Å². The Hall–Kier alpha value is -1.81. The van der Waals surface area contributed by atoms with E-state index in [0.29, 0.717) is 10.7 Å². The third kappa shape index (κ3) is 3.10. The van der Waals surface area contributed by atoms with E-state index >= 15 is 0 Å². The SMILES string of the molecule is C=C/C(Cl)=C(\C=C\C)NC(=O)c1cocn1. The first-order valence-electron chi connectivity index (χ1n) is 4.53. The summed E-state index contributed by atoms with van der Waals surface area (Å²) in [5, 5.41) is 2.96. The Balaban J connectivity index is 2.86. The van der Waals surface area contributed by atoms with Gasteiger partial charge in [-0.1, -0.05) is 24.3 Å². The summed E-state index contributed by atoms with van der Waals surface area (Å²) in [6.07, 6.45) is 7.31. The van der Waals surface area contributed by atoms with Crippen LogP contribution in [-0.4, -0.2) is 10.9 Å². The van der Waals surface area contributed by atoms with Crippen LogP contribution in [-0.2, 0) is 0 Å². The van der Waals surface area contributed by atoms with Gasteiger partial charge in [-0.3, -0.25) is 4.79 Å². The number of oxazole rings is 1. The molecule has 1 rings (SSSR count). The van der Waals surface area contributed by atoms with Crippen molar-refractivity contribution in [3.8, 4) is 0 Å². The molecule has 1 heterocycles. The number of carbonyl (C=O) groups excluding carboxylic acids is 1. The van der Waals surface area contributed by atoms with E-state index in [-0.39, 0.29) is 11.6 Å². The average Bonchev–Trinajstić information content (AvgIpc) is 2.80. The first-order chi connectivity index (χ1) is 7.69. The molecule has 1 amide bonds. The topological polar surface area (TPSA) is 55.1 Å². The molecule has 1 aromatic rings. The van der Waals surface area contributed by atoms with E-state index < -0.39 is 0 Å². The second kappa shape index (κ2) is 5.92. The van der Waals surface area contributed by atoms with Crippen molar-refractivity contribution in [2.45, 2.75) is 6.92 Å². The lowest BCUT2D eigenvalue weighted by Gasteiger charge is -2.04. The van der Waals surface area contributed by atoms with Crippen LogP contribution in [0.3, 0.4) is 0 Å². The van der Waals surface area contributed by atoms with Gasteiger partial charge >= 0.3 is 0 Å². The quantitative estimate of drug-likeness (QED) is 0.821. The molecule has 0 bridgehead atoms. The fourth-order valence-corrected chi connectivity index (χ4v) is 1.08. The standard InChI is InChI=1S/C11H11ClN2O2/c1-3-5-9(8(12)4-2)14-11(15)10-6-16-7-13-10/h3-7H,2H2,1H3,(H,14,15)/b5-3+,9-8-. The minimum absolute atomic E-state index is 0.190. The lowest BCUT2D eigenvalue weighted by molar-refractivity contribution is 0.0962. The maximum absolute atomic E-state index is 11.6. The van der Waals surface area contributed by atoms with Crippen LogP contribution in [0.25, 0.3) is 0 Å². The van der Waals surface area contributed by atoms with E-state index in [2.05, 4.69) is 16.9 Å². The molecule has 1 N–H and O–H groups in total. The lowest BCUT2D eigenvalue weighted by Crippen LogP contribution is -2.22. The smallest absolute Gasteiger partial charge is 0.277 e. The van der Waals surface area contributed by atoms with Crippen molar-refractivity contribution in [1.29, 1.82) is 0 Å². The van der Waals surface area contributed by atoms with Crippen LogP contribution < -0.4 is 5.32 Å². The molecule has 0 radical (unpaired) electrons. The Labute approximate surface area is 98.3 Å². The Morgan fingerprint density at radius 2 is 2.44 bits per heavy atom. The van der Waals surface area contributed by atoms with Crippen molar-refractivity contribution in [2.24, 2.45) is 0 Å². The molecule has 0 aliphatic heterocycles. The number of aromatic nitrogens is 1. The highest BCUT2D eigenvalue weighted by Crippen LogP contribution is 2.10. The molecule has 0 atom stereocenters. The second-order valence-corrected chi connectivity index (χ2v) is 3.20. The summed E-state index contributed by atoms with van der Waals surface area (Å²) in [7, 11) is 0. The van der Waals surface area contributed by atoms with Gasteiger partial charge in [0.05, 0.1) is 10.7 Å². The lowest BCUT2D eigenvalue weighted by atomic mass is 10.3. The molecule has 5 heteroatoms. The highest BCUT2D eigenvalue weighted by atomic mass is 35.5. The number of amides is 1. The Bertz CT molecular complexity index is 433. The number of allylic oxidation sites excluding steroid dienone is 4. The Morgan fingerprint density at radius 3 is 2.94 bits per heavy atom. The largest absolute Gasteiger partial charge is 0.451 e. The molecule has 0 spiro atoms. The molecule has 0 unspecified atom stereocenters. The predicted molar refractivity (Wildman–Crippen MR) is 61.9 cm³/mol. The summed E-state index contributed by atoms with van der Waals surface area (Å²) in [6.45, 7) is 5.34. The van der Waals surface area contributed by atoms with Gasteiger partial charge in [0.15, 0.2) is 12.1 Å². The van der Waals surface area contributed by atoms with E-state index in [0.717, 1.165) is 0 Å². The van der Waals surface area contributed by atoms with E-state index in [1.165, 1.54) is 18.7 Å². The number of halogens is 1. The minimum atomic E-state index is -0.387. The van der Waals surface area contributed by atoms with Gasteiger partial charge in [-0.25, -0.2) is 4.98 Å². The van der Waals surface area contributed by atoms with Gasteiger partial charge in [-0.2, -0.15) is 0 Å². The van der Waals surface area contributed by atoms with Crippen LogP contribution in [0.15, 0.2) is 52.6 Å². The molecule has 0 aliphatic carbocycles. The Morgan fingerprint density at radius 1 is 1.69 bits per heavy atom. The van der Waals surface area contributed by atoms with Crippen molar-refractivity contribution >= 4 is 17.5 Å². The third-order valence-electron chi connectivity index (χ3n) is 1.68. The zero-order chi connectivity index (χ0) is 12.0. The summed E-state index contributed by atoms with van der Waals surface area (Å²) in [5.74, 6) is -0.387. The van der Waals surface area contributed by atoms with Crippen molar-refractivity contribution in [2.75, 3.05) is 0 Å². The summed E-state index contributed by atoms with van der Waals surface area (Å²) >= 11 is 5.87. The predicted octanol–water partition coefficient (Wildman–Crippen LogP) is 2.62. The maximum Gasteiger partial charge on any atom is 0.277 e. The fraction of sp³-hybridized carbons (Fsp3) is 0.0909. The molecule has 0 fully saturated rings. The number of hydrogen-bond acceptors (Lipinski definition) is 3. The van der Waals surface area contributed by atoms with Gasteiger partial charge in [0.2, 0.25) is 0 Å². The summed E-state index contributed by atoms with van der Waals surface area (Å²) in [6, 6.07) is 0. The number of nitrogens with one attached hydrogen (secondary N) is 1. The van der Waals surface area contributed by atoms with Gasteiger partial charge in [0.1, 0.15) is 6.26 Å². The van der Waals surface area contributed by atoms with Crippen LogP contribution in [0.2, 0.25) is 0 Å². The monoisotopic (exact) mass is 238 g/mol. The molecule has 0 aliphatic rings. The van der Waals surface area contributed by atoms with Crippen LogP contribution in [0.1, 0.15) is 17.4 Å². The first-order valence-corrected chi connectivity index (χ1v) is 4.91. The number of rotatable bonds is 4. The van der Waals surface area contributed by atoms with Crippen molar-refractivity contribution in [3.05, 3.63) is 53.9 Å². The number of nitrogens with zero attached hydrogens (tertiary/aromatic N) is 1. The minimum Gasteiger partial charge on any atom is -0.451 e. The normalized spacial score (nSPS) is 12.4. The maximum atomic E-state index is 11.6. The van der Waals surface area contributed by atoms with Gasteiger partial charge in [0, 0.05) is 0 Å². The molecular weight excluding hydrogens is 228 g/mol. The fourth-order valence-electron chi connectivity index (χ4n) is 0.969. The molecular formula is C11H11ClN2O2. The van der Waals surface area contributed by atoms with Crippen LogP contribution in [0, 0.1) is 0 Å². The second-order valence-electron chi connectivity index (χ2n) is 2.79. The Kier molecular flexibility index (Phi) is 4.54. The zero-order valence-electron chi connectivity index (χ0n) is 8.74. The molecule has 16 heavy (non-hydrogen) atoms. The zero-order valence-corrected chi connectivity index (χ0v) is 9.49. The summed E-state index contributed by atoms with van der Waals surface area (Å²) in [5.41, 5.74) is 0.655.